The minimum absolute atomic E-state index is 0.675. The van der Waals surface area contributed by atoms with Crippen LogP contribution < -0.4 is 15.4 Å². The van der Waals surface area contributed by atoms with E-state index in [1.54, 1.807) is 13.2 Å². The van der Waals surface area contributed by atoms with Crippen molar-refractivity contribution in [2.45, 2.75) is 32.7 Å². The second-order valence-electron chi connectivity index (χ2n) is 7.67. The van der Waals surface area contributed by atoms with E-state index in [9.17, 15) is 0 Å². The molecule has 0 amide bonds. The molecule has 4 rings (SSSR count). The van der Waals surface area contributed by atoms with Gasteiger partial charge in [-0.2, -0.15) is 0 Å². The Hall–Kier alpha value is -3.02. The summed E-state index contributed by atoms with van der Waals surface area (Å²) in [6, 6.07) is 10.4. The van der Waals surface area contributed by atoms with Crippen molar-refractivity contribution in [3.05, 3.63) is 59.4 Å². The van der Waals surface area contributed by atoms with Crippen LogP contribution in [0.25, 0.3) is 10.9 Å². The van der Waals surface area contributed by atoms with Gasteiger partial charge in [-0.1, -0.05) is 12.1 Å². The lowest BCUT2D eigenvalue weighted by molar-refractivity contribution is 0.288. The minimum Gasteiger partial charge on any atom is -0.477 e. The summed E-state index contributed by atoms with van der Waals surface area (Å²) < 4.78 is 5.77. The standard InChI is InChI=1S/C23H29N5O/c1-16-4-3-5-20-22(16)19(14-27-20)9-11-26-23(24-2)28-13-18-8-10-25-21(12-18)29-15-17-6-7-17/h3-5,8,10,12,14,17,27H,6-7,9,11,13,15H2,1-2H3,(H2,24,26,28). The Morgan fingerprint density at radius 1 is 1.28 bits per heavy atom. The van der Waals surface area contributed by atoms with E-state index in [1.807, 2.05) is 12.1 Å². The predicted molar refractivity (Wildman–Crippen MR) is 117 cm³/mol. The van der Waals surface area contributed by atoms with Gasteiger partial charge in [0, 0.05) is 49.5 Å². The molecule has 0 spiro atoms. The number of hydrogen-bond acceptors (Lipinski definition) is 3. The van der Waals surface area contributed by atoms with Crippen LogP contribution >= 0.6 is 0 Å². The van der Waals surface area contributed by atoms with Crippen molar-refractivity contribution in [1.82, 2.24) is 20.6 Å². The van der Waals surface area contributed by atoms with Gasteiger partial charge in [0.15, 0.2) is 5.96 Å². The van der Waals surface area contributed by atoms with E-state index in [0.717, 1.165) is 37.0 Å². The Labute approximate surface area is 171 Å². The van der Waals surface area contributed by atoms with E-state index in [2.05, 4.69) is 56.9 Å². The molecule has 1 fully saturated rings. The molecule has 1 aliphatic carbocycles. The summed E-state index contributed by atoms with van der Waals surface area (Å²) >= 11 is 0. The van der Waals surface area contributed by atoms with Gasteiger partial charge in [-0.25, -0.2) is 4.98 Å². The zero-order valence-corrected chi connectivity index (χ0v) is 17.2. The summed E-state index contributed by atoms with van der Waals surface area (Å²) in [5.41, 5.74) is 4.95. The van der Waals surface area contributed by atoms with Crippen LogP contribution in [-0.2, 0) is 13.0 Å². The van der Waals surface area contributed by atoms with Crippen molar-refractivity contribution < 1.29 is 4.74 Å². The Balaban J connectivity index is 1.27. The van der Waals surface area contributed by atoms with Gasteiger partial charge in [-0.3, -0.25) is 4.99 Å². The second kappa shape index (κ2) is 8.99. The Kier molecular flexibility index (Phi) is 5.98. The largest absolute Gasteiger partial charge is 0.477 e. The summed E-state index contributed by atoms with van der Waals surface area (Å²) in [5.74, 6) is 2.22. The second-order valence-corrected chi connectivity index (χ2v) is 7.67. The lowest BCUT2D eigenvalue weighted by atomic mass is 10.1. The number of guanidine groups is 1. The normalized spacial score (nSPS) is 14.2. The minimum atomic E-state index is 0.675. The average Bonchev–Trinajstić information content (AvgIpc) is 3.48. The molecule has 1 aromatic carbocycles. The summed E-state index contributed by atoms with van der Waals surface area (Å²) in [6.07, 6.45) is 7.40. The molecule has 2 aromatic heterocycles. The molecule has 6 heteroatoms. The van der Waals surface area contributed by atoms with E-state index < -0.39 is 0 Å². The average molecular weight is 392 g/mol. The van der Waals surface area contributed by atoms with Crippen molar-refractivity contribution in [2.24, 2.45) is 10.9 Å². The van der Waals surface area contributed by atoms with Gasteiger partial charge in [0.2, 0.25) is 5.88 Å². The Morgan fingerprint density at radius 3 is 3.00 bits per heavy atom. The number of nitrogens with zero attached hydrogens (tertiary/aromatic N) is 2. The maximum absolute atomic E-state index is 5.77. The lowest BCUT2D eigenvalue weighted by Gasteiger charge is -2.12. The number of aromatic amines is 1. The fourth-order valence-corrected chi connectivity index (χ4v) is 3.50. The van der Waals surface area contributed by atoms with Gasteiger partial charge < -0.3 is 20.4 Å². The number of ether oxygens (including phenoxy) is 1. The van der Waals surface area contributed by atoms with Crippen LogP contribution in [-0.4, -0.2) is 36.1 Å². The first-order valence-electron chi connectivity index (χ1n) is 10.3. The molecule has 152 valence electrons. The van der Waals surface area contributed by atoms with E-state index in [4.69, 9.17) is 4.74 Å². The molecule has 0 saturated heterocycles. The number of rotatable bonds is 8. The van der Waals surface area contributed by atoms with Crippen molar-refractivity contribution in [2.75, 3.05) is 20.2 Å². The van der Waals surface area contributed by atoms with Crippen LogP contribution in [0.15, 0.2) is 47.7 Å². The molecule has 0 unspecified atom stereocenters. The van der Waals surface area contributed by atoms with Crippen LogP contribution in [0.2, 0.25) is 0 Å². The van der Waals surface area contributed by atoms with E-state index >= 15 is 0 Å². The fraction of sp³-hybridized carbons (Fsp3) is 0.391. The van der Waals surface area contributed by atoms with Crippen molar-refractivity contribution in [3.63, 3.8) is 0 Å². The van der Waals surface area contributed by atoms with Gasteiger partial charge in [0.25, 0.3) is 0 Å². The van der Waals surface area contributed by atoms with Crippen molar-refractivity contribution >= 4 is 16.9 Å². The zero-order chi connectivity index (χ0) is 20.1. The van der Waals surface area contributed by atoms with Gasteiger partial charge in [0.1, 0.15) is 0 Å². The summed E-state index contributed by atoms with van der Waals surface area (Å²) in [6.45, 7) is 4.42. The van der Waals surface area contributed by atoms with Crippen molar-refractivity contribution in [3.8, 4) is 5.88 Å². The van der Waals surface area contributed by atoms with Gasteiger partial charge >= 0.3 is 0 Å². The number of aromatic nitrogens is 2. The number of aliphatic imine (C=N–C) groups is 1. The fourth-order valence-electron chi connectivity index (χ4n) is 3.50. The topological polar surface area (TPSA) is 74.3 Å². The number of nitrogens with one attached hydrogen (secondary N) is 3. The number of H-pyrrole nitrogens is 1. The maximum Gasteiger partial charge on any atom is 0.213 e. The zero-order valence-electron chi connectivity index (χ0n) is 17.2. The third-order valence-corrected chi connectivity index (χ3v) is 5.33. The first-order chi connectivity index (χ1) is 14.2. The first-order valence-corrected chi connectivity index (χ1v) is 10.3. The molecule has 2 heterocycles. The highest BCUT2D eigenvalue weighted by atomic mass is 16.5. The summed E-state index contributed by atoms with van der Waals surface area (Å²) in [4.78, 5) is 12.0. The molecule has 29 heavy (non-hydrogen) atoms. The first kappa shape index (κ1) is 19.3. The smallest absolute Gasteiger partial charge is 0.213 e. The van der Waals surface area contributed by atoms with Gasteiger partial charge in [0.05, 0.1) is 6.61 Å². The van der Waals surface area contributed by atoms with Crippen LogP contribution in [0.3, 0.4) is 0 Å². The lowest BCUT2D eigenvalue weighted by Crippen LogP contribution is -2.37. The Morgan fingerprint density at radius 2 is 2.17 bits per heavy atom. The molecular weight excluding hydrogens is 362 g/mol. The SMILES string of the molecule is CN=C(NCCc1c[nH]c2cccc(C)c12)NCc1ccnc(OCC2CC2)c1. The third kappa shape index (κ3) is 5.08. The third-order valence-electron chi connectivity index (χ3n) is 5.33. The van der Waals surface area contributed by atoms with Crippen LogP contribution in [0.1, 0.15) is 29.5 Å². The Bertz CT molecular complexity index is 990. The van der Waals surface area contributed by atoms with E-state index in [1.165, 1.54) is 34.9 Å². The number of pyridine rings is 1. The molecule has 3 N–H and O–H groups in total. The number of aryl methyl sites for hydroxylation is 1. The van der Waals surface area contributed by atoms with Gasteiger partial charge in [-0.15, -0.1) is 0 Å². The van der Waals surface area contributed by atoms with Crippen LogP contribution in [0, 0.1) is 12.8 Å². The highest BCUT2D eigenvalue weighted by Crippen LogP contribution is 2.29. The van der Waals surface area contributed by atoms with E-state index in [0.29, 0.717) is 12.4 Å². The molecule has 6 nitrogen and oxygen atoms in total. The van der Waals surface area contributed by atoms with Crippen molar-refractivity contribution in [1.29, 1.82) is 0 Å². The summed E-state index contributed by atoms with van der Waals surface area (Å²) in [5, 5.41) is 8.10. The molecule has 0 aliphatic heterocycles. The molecule has 0 bridgehead atoms. The quantitative estimate of drug-likeness (QED) is 0.405. The maximum atomic E-state index is 5.77. The highest BCUT2D eigenvalue weighted by Gasteiger charge is 2.22. The predicted octanol–water partition coefficient (Wildman–Crippen LogP) is 3.57. The van der Waals surface area contributed by atoms with Crippen LogP contribution in [0.5, 0.6) is 5.88 Å². The van der Waals surface area contributed by atoms with E-state index in [-0.39, 0.29) is 0 Å². The van der Waals surface area contributed by atoms with Crippen LogP contribution in [0.4, 0.5) is 0 Å². The number of benzene rings is 1. The molecule has 0 radical (unpaired) electrons. The molecule has 1 aliphatic rings. The molecule has 0 atom stereocenters. The molecule has 1 saturated carbocycles. The molecular formula is C23H29N5O. The summed E-state index contributed by atoms with van der Waals surface area (Å²) in [7, 11) is 1.79. The molecule has 3 aromatic rings. The number of fused-ring (bicyclic) bond motifs is 1. The monoisotopic (exact) mass is 391 g/mol. The number of hydrogen-bond donors (Lipinski definition) is 3. The highest BCUT2D eigenvalue weighted by molar-refractivity contribution is 5.86. The van der Waals surface area contributed by atoms with Gasteiger partial charge in [-0.05, 0) is 60.9 Å².